The summed E-state index contributed by atoms with van der Waals surface area (Å²) < 4.78 is 11.3. The highest BCUT2D eigenvalue weighted by Gasteiger charge is 2.43. The van der Waals surface area contributed by atoms with Crippen molar-refractivity contribution in [3.05, 3.63) is 113 Å². The molecule has 8 nitrogen and oxygen atoms in total. The molecule has 1 fully saturated rings. The number of rotatable bonds is 10. The Balaban J connectivity index is 1.44. The van der Waals surface area contributed by atoms with E-state index >= 15 is 0 Å². The van der Waals surface area contributed by atoms with Crippen LogP contribution in [0, 0.1) is 0 Å². The second-order valence-electron chi connectivity index (χ2n) is 8.56. The fourth-order valence-corrected chi connectivity index (χ4v) is 3.97. The smallest absolute Gasteiger partial charge is 0.356 e. The van der Waals surface area contributed by atoms with E-state index in [0.717, 1.165) is 11.1 Å². The number of β-lactam (4-membered cyclic amide) rings is 1. The van der Waals surface area contributed by atoms with Crippen molar-refractivity contribution in [2.75, 3.05) is 19.8 Å². The third-order valence-electron chi connectivity index (χ3n) is 5.91. The van der Waals surface area contributed by atoms with Crippen molar-refractivity contribution in [1.82, 2.24) is 10.2 Å². The number of para-hydroxylation sites is 1. The standard InChI is InChI=1S/C29H28N2O6/c1-20(18-32)26(29(35)37-27(21-11-5-2-6-12-21)22-13-7-3-8-14-22)31-17-24(28(31)34)30-25(33)19-36-23-15-9-4-10-16-23/h2-16,24,27,32H,17-19H2,1H3,(H,30,33)/b26-20-. The Morgan fingerprint density at radius 2 is 1.49 bits per heavy atom. The quantitative estimate of drug-likeness (QED) is 0.252. The van der Waals surface area contributed by atoms with Crippen molar-refractivity contribution in [1.29, 1.82) is 0 Å². The third-order valence-corrected chi connectivity index (χ3v) is 5.91. The van der Waals surface area contributed by atoms with Gasteiger partial charge >= 0.3 is 5.97 Å². The van der Waals surface area contributed by atoms with Gasteiger partial charge in [-0.2, -0.15) is 0 Å². The van der Waals surface area contributed by atoms with Gasteiger partial charge in [0.15, 0.2) is 12.7 Å². The Morgan fingerprint density at radius 1 is 0.946 bits per heavy atom. The first-order valence-corrected chi connectivity index (χ1v) is 11.9. The van der Waals surface area contributed by atoms with Crippen LogP contribution in [-0.4, -0.2) is 53.6 Å². The molecule has 1 unspecified atom stereocenters. The van der Waals surface area contributed by atoms with Crippen molar-refractivity contribution in [2.24, 2.45) is 0 Å². The van der Waals surface area contributed by atoms with E-state index in [-0.39, 0.29) is 24.4 Å². The summed E-state index contributed by atoms with van der Waals surface area (Å²) in [5.41, 5.74) is 1.79. The number of carbonyl (C=O) groups excluding carboxylic acids is 3. The summed E-state index contributed by atoms with van der Waals surface area (Å²) in [4.78, 5) is 39.8. The van der Waals surface area contributed by atoms with Gasteiger partial charge in [0.1, 0.15) is 17.5 Å². The summed E-state index contributed by atoms with van der Waals surface area (Å²) in [6.45, 7) is 0.948. The minimum Gasteiger partial charge on any atom is -0.484 e. The molecule has 0 aliphatic carbocycles. The van der Waals surface area contributed by atoms with Gasteiger partial charge in [0.05, 0.1) is 13.2 Å². The van der Waals surface area contributed by atoms with Crippen LogP contribution in [0.25, 0.3) is 0 Å². The van der Waals surface area contributed by atoms with E-state index in [9.17, 15) is 19.5 Å². The highest BCUT2D eigenvalue weighted by Crippen LogP contribution is 2.29. The van der Waals surface area contributed by atoms with Gasteiger partial charge in [0.25, 0.3) is 11.8 Å². The number of benzene rings is 3. The summed E-state index contributed by atoms with van der Waals surface area (Å²) in [5, 5.41) is 12.4. The maximum absolute atomic E-state index is 13.4. The van der Waals surface area contributed by atoms with E-state index in [1.807, 2.05) is 66.7 Å². The molecule has 1 aliphatic rings. The Bertz CT molecular complexity index is 1220. The van der Waals surface area contributed by atoms with Crippen molar-refractivity contribution >= 4 is 17.8 Å². The predicted molar refractivity (Wildman–Crippen MR) is 136 cm³/mol. The summed E-state index contributed by atoms with van der Waals surface area (Å²) in [6, 6.07) is 26.6. The molecule has 1 heterocycles. The Morgan fingerprint density at radius 3 is 2.00 bits per heavy atom. The van der Waals surface area contributed by atoms with Gasteiger partial charge in [-0.15, -0.1) is 0 Å². The molecule has 0 radical (unpaired) electrons. The maximum Gasteiger partial charge on any atom is 0.356 e. The second kappa shape index (κ2) is 12.0. The van der Waals surface area contributed by atoms with Crippen LogP contribution in [0.2, 0.25) is 0 Å². The van der Waals surface area contributed by atoms with Crippen molar-refractivity contribution in [2.45, 2.75) is 19.1 Å². The van der Waals surface area contributed by atoms with E-state index in [0.29, 0.717) is 5.75 Å². The van der Waals surface area contributed by atoms with E-state index in [1.54, 1.807) is 31.2 Å². The Hall–Kier alpha value is -4.43. The lowest BCUT2D eigenvalue weighted by molar-refractivity contribution is -0.153. The third kappa shape index (κ3) is 6.23. The zero-order valence-electron chi connectivity index (χ0n) is 20.4. The number of nitrogens with zero attached hydrogens (tertiary/aromatic N) is 1. The molecule has 2 amide bonds. The van der Waals surface area contributed by atoms with E-state index in [1.165, 1.54) is 4.90 Å². The molecule has 1 saturated heterocycles. The summed E-state index contributed by atoms with van der Waals surface area (Å²) in [7, 11) is 0. The van der Waals surface area contributed by atoms with Crippen LogP contribution in [0.3, 0.4) is 0 Å². The fraction of sp³-hybridized carbons (Fsp3) is 0.207. The van der Waals surface area contributed by atoms with Crippen molar-refractivity contribution in [3.8, 4) is 5.75 Å². The molecule has 0 spiro atoms. The number of aliphatic hydroxyl groups is 1. The first kappa shape index (κ1) is 25.7. The number of likely N-dealkylation sites (tertiary alicyclic amines) is 1. The molecule has 0 bridgehead atoms. The molecule has 2 N–H and O–H groups in total. The Labute approximate surface area is 215 Å². The normalized spacial score (nSPS) is 15.5. The van der Waals surface area contributed by atoms with E-state index < -0.39 is 36.5 Å². The molecule has 0 aromatic heterocycles. The highest BCUT2D eigenvalue weighted by atomic mass is 16.5. The number of ether oxygens (including phenoxy) is 2. The zero-order chi connectivity index (χ0) is 26.2. The van der Waals surface area contributed by atoms with Gasteiger partial charge in [-0.3, -0.25) is 9.59 Å². The zero-order valence-corrected chi connectivity index (χ0v) is 20.4. The Kier molecular flexibility index (Phi) is 8.33. The van der Waals surface area contributed by atoms with Crippen LogP contribution in [0.15, 0.2) is 102 Å². The monoisotopic (exact) mass is 500 g/mol. The van der Waals surface area contributed by atoms with Crippen molar-refractivity contribution in [3.63, 3.8) is 0 Å². The van der Waals surface area contributed by atoms with E-state index in [2.05, 4.69) is 5.32 Å². The molecule has 3 aromatic carbocycles. The van der Waals surface area contributed by atoms with Crippen LogP contribution in [0.1, 0.15) is 24.2 Å². The van der Waals surface area contributed by atoms with Gasteiger partial charge in [0.2, 0.25) is 0 Å². The number of esters is 1. The van der Waals surface area contributed by atoms with E-state index in [4.69, 9.17) is 9.47 Å². The van der Waals surface area contributed by atoms with Crippen LogP contribution in [0.5, 0.6) is 5.75 Å². The molecule has 3 aromatic rings. The number of hydrogen-bond donors (Lipinski definition) is 2. The average molecular weight is 501 g/mol. The lowest BCUT2D eigenvalue weighted by Gasteiger charge is -2.40. The van der Waals surface area contributed by atoms with Crippen LogP contribution < -0.4 is 10.1 Å². The summed E-state index contributed by atoms with van der Waals surface area (Å²) >= 11 is 0. The molecular formula is C29H28N2O6. The van der Waals surface area contributed by atoms with Gasteiger partial charge in [0, 0.05) is 0 Å². The lowest BCUT2D eigenvalue weighted by atomic mass is 10.0. The number of nitrogens with one attached hydrogen (secondary N) is 1. The molecule has 190 valence electrons. The first-order chi connectivity index (χ1) is 18.0. The fourth-order valence-electron chi connectivity index (χ4n) is 3.97. The van der Waals surface area contributed by atoms with Crippen LogP contribution >= 0.6 is 0 Å². The molecule has 37 heavy (non-hydrogen) atoms. The number of carbonyl (C=O) groups is 3. The minimum atomic E-state index is -0.805. The first-order valence-electron chi connectivity index (χ1n) is 11.9. The van der Waals surface area contributed by atoms with Gasteiger partial charge in [-0.05, 0) is 35.8 Å². The minimum absolute atomic E-state index is 0.0320. The number of amides is 2. The largest absolute Gasteiger partial charge is 0.484 e. The van der Waals surface area contributed by atoms with Gasteiger partial charge in [-0.25, -0.2) is 4.79 Å². The molecule has 0 saturated carbocycles. The predicted octanol–water partition coefficient (Wildman–Crippen LogP) is 2.99. The second-order valence-corrected chi connectivity index (χ2v) is 8.56. The van der Waals surface area contributed by atoms with Gasteiger partial charge < -0.3 is 24.8 Å². The number of aliphatic hydroxyl groups excluding tert-OH is 1. The topological polar surface area (TPSA) is 105 Å². The molecular weight excluding hydrogens is 472 g/mol. The molecule has 1 atom stereocenters. The van der Waals surface area contributed by atoms with Crippen molar-refractivity contribution < 1.29 is 29.0 Å². The van der Waals surface area contributed by atoms with Crippen LogP contribution in [-0.2, 0) is 19.1 Å². The SMILES string of the molecule is C/C(CO)=C(\C(=O)OC(c1ccccc1)c1ccccc1)N1CC(NC(=O)COc2ccccc2)C1=O. The summed E-state index contributed by atoms with van der Waals surface area (Å²) in [6.07, 6.45) is -0.710. The molecule has 8 heteroatoms. The lowest BCUT2D eigenvalue weighted by Crippen LogP contribution is -2.64. The maximum atomic E-state index is 13.4. The highest BCUT2D eigenvalue weighted by molar-refractivity contribution is 6.01. The average Bonchev–Trinajstić information content (AvgIpc) is 2.95. The van der Waals surface area contributed by atoms with Crippen LogP contribution in [0.4, 0.5) is 0 Å². The number of hydrogen-bond acceptors (Lipinski definition) is 6. The molecule has 1 aliphatic heterocycles. The van der Waals surface area contributed by atoms with Gasteiger partial charge in [-0.1, -0.05) is 78.9 Å². The molecule has 4 rings (SSSR count). The summed E-state index contributed by atoms with van der Waals surface area (Å²) in [5.74, 6) is -1.13.